The summed E-state index contributed by atoms with van der Waals surface area (Å²) in [5.74, 6) is 0. The lowest BCUT2D eigenvalue weighted by atomic mass is 10.4. The van der Waals surface area contributed by atoms with Crippen LogP contribution in [0, 0.1) is 11.3 Å². The number of nitrogens with zero attached hydrogens (tertiary/aromatic N) is 4. The zero-order valence-corrected chi connectivity index (χ0v) is 6.08. The van der Waals surface area contributed by atoms with Gasteiger partial charge in [-0.05, 0) is 0 Å². The van der Waals surface area contributed by atoms with Gasteiger partial charge < -0.3 is 0 Å². The van der Waals surface area contributed by atoms with Crippen molar-refractivity contribution in [1.29, 1.82) is 5.26 Å². The van der Waals surface area contributed by atoms with Gasteiger partial charge in [0.15, 0.2) is 5.38 Å². The van der Waals surface area contributed by atoms with Crippen LogP contribution >= 0.6 is 11.6 Å². The molecule has 0 aromatic carbocycles. The van der Waals surface area contributed by atoms with E-state index in [1.165, 1.54) is 11.0 Å². The minimum atomic E-state index is -0.686. The molecule has 0 fully saturated rings. The van der Waals surface area contributed by atoms with Gasteiger partial charge in [-0.15, -0.1) is 0 Å². The molecule has 10 heavy (non-hydrogen) atoms. The Kier molecular flexibility index (Phi) is 1.88. The normalized spacial score (nSPS) is 12.5. The molecule has 1 unspecified atom stereocenters. The summed E-state index contributed by atoms with van der Waals surface area (Å²) in [6, 6.07) is 1.84. The molecule has 52 valence electrons. The molecule has 5 heteroatoms. The van der Waals surface area contributed by atoms with Crippen molar-refractivity contribution in [2.75, 3.05) is 0 Å². The maximum atomic E-state index is 8.34. The highest BCUT2D eigenvalue weighted by Gasteiger charge is 2.08. The van der Waals surface area contributed by atoms with Crippen molar-refractivity contribution in [3.05, 3.63) is 11.9 Å². The van der Waals surface area contributed by atoms with Crippen molar-refractivity contribution in [2.24, 2.45) is 7.05 Å². The predicted octanol–water partition coefficient (Wildman–Crippen LogP) is 0.619. The Balaban J connectivity index is 2.87. The quantitative estimate of drug-likeness (QED) is 0.560. The van der Waals surface area contributed by atoms with Crippen LogP contribution in [0.25, 0.3) is 0 Å². The summed E-state index contributed by atoms with van der Waals surface area (Å²) in [5.41, 5.74) is 0.492. The molecular weight excluding hydrogens is 152 g/mol. The highest BCUT2D eigenvalue weighted by atomic mass is 35.5. The smallest absolute Gasteiger partial charge is 0.165 e. The topological polar surface area (TPSA) is 54.5 Å². The van der Waals surface area contributed by atoms with Crippen molar-refractivity contribution >= 4 is 11.6 Å². The van der Waals surface area contributed by atoms with Gasteiger partial charge in [0.25, 0.3) is 0 Å². The van der Waals surface area contributed by atoms with Gasteiger partial charge in [0, 0.05) is 7.05 Å². The molecule has 0 spiro atoms. The van der Waals surface area contributed by atoms with Crippen molar-refractivity contribution in [1.82, 2.24) is 15.0 Å². The lowest BCUT2D eigenvalue weighted by Gasteiger charge is -1.88. The van der Waals surface area contributed by atoms with E-state index in [1.807, 2.05) is 6.07 Å². The third-order valence-corrected chi connectivity index (χ3v) is 1.31. The maximum absolute atomic E-state index is 8.34. The highest BCUT2D eigenvalue weighted by molar-refractivity contribution is 6.22. The third-order valence-electron chi connectivity index (χ3n) is 0.990. The van der Waals surface area contributed by atoms with Gasteiger partial charge >= 0.3 is 0 Å². The van der Waals surface area contributed by atoms with Crippen LogP contribution in [0.3, 0.4) is 0 Å². The van der Waals surface area contributed by atoms with E-state index in [-0.39, 0.29) is 0 Å². The summed E-state index contributed by atoms with van der Waals surface area (Å²) >= 11 is 5.53. The monoisotopic (exact) mass is 156 g/mol. The van der Waals surface area contributed by atoms with E-state index >= 15 is 0 Å². The van der Waals surface area contributed by atoms with Crippen LogP contribution in [0.1, 0.15) is 11.1 Å². The van der Waals surface area contributed by atoms with E-state index in [4.69, 9.17) is 16.9 Å². The van der Waals surface area contributed by atoms with Gasteiger partial charge in [-0.3, -0.25) is 0 Å². The van der Waals surface area contributed by atoms with Crippen molar-refractivity contribution in [2.45, 2.75) is 5.38 Å². The average molecular weight is 157 g/mol. The molecule has 0 bridgehead atoms. The summed E-state index contributed by atoms with van der Waals surface area (Å²) in [4.78, 5) is 1.36. The number of aryl methyl sites for hydroxylation is 1. The van der Waals surface area contributed by atoms with Crippen LogP contribution in [0.15, 0.2) is 6.20 Å². The molecule has 1 aromatic heterocycles. The van der Waals surface area contributed by atoms with E-state index < -0.39 is 5.38 Å². The van der Waals surface area contributed by atoms with Gasteiger partial charge in [-0.2, -0.15) is 20.3 Å². The molecule has 0 saturated carbocycles. The Hall–Kier alpha value is -1.08. The highest BCUT2D eigenvalue weighted by Crippen LogP contribution is 2.14. The lowest BCUT2D eigenvalue weighted by Crippen LogP contribution is -1.94. The average Bonchev–Trinajstić information content (AvgIpc) is 2.34. The van der Waals surface area contributed by atoms with Crippen LogP contribution in [0.2, 0.25) is 0 Å². The van der Waals surface area contributed by atoms with E-state index in [0.29, 0.717) is 5.69 Å². The largest absolute Gasteiger partial charge is 0.196 e. The van der Waals surface area contributed by atoms with Crippen molar-refractivity contribution in [3.63, 3.8) is 0 Å². The molecule has 4 nitrogen and oxygen atoms in total. The predicted molar refractivity (Wildman–Crippen MR) is 35.2 cm³/mol. The van der Waals surface area contributed by atoms with Crippen molar-refractivity contribution in [3.8, 4) is 6.07 Å². The second-order valence-electron chi connectivity index (χ2n) is 1.75. The first-order valence-electron chi connectivity index (χ1n) is 2.64. The van der Waals surface area contributed by atoms with Crippen LogP contribution in [-0.4, -0.2) is 15.0 Å². The first-order valence-corrected chi connectivity index (χ1v) is 3.07. The van der Waals surface area contributed by atoms with Gasteiger partial charge in [0.2, 0.25) is 0 Å². The Labute approximate surface area is 63.0 Å². The van der Waals surface area contributed by atoms with Gasteiger partial charge in [-0.1, -0.05) is 11.6 Å². The van der Waals surface area contributed by atoms with E-state index in [0.717, 1.165) is 0 Å². The van der Waals surface area contributed by atoms with Crippen LogP contribution < -0.4 is 0 Å². The molecule has 0 radical (unpaired) electrons. The molecule has 1 heterocycles. The van der Waals surface area contributed by atoms with E-state index in [1.54, 1.807) is 7.05 Å². The van der Waals surface area contributed by atoms with Gasteiger partial charge in [-0.25, -0.2) is 0 Å². The first kappa shape index (κ1) is 7.03. The Bertz CT molecular complexity index is 261. The second kappa shape index (κ2) is 2.67. The summed E-state index contributed by atoms with van der Waals surface area (Å²) < 4.78 is 0. The van der Waals surface area contributed by atoms with Gasteiger partial charge in [0.1, 0.15) is 5.69 Å². The molecule has 0 amide bonds. The number of alkyl halides is 1. The lowest BCUT2D eigenvalue weighted by molar-refractivity contribution is 0.647. The van der Waals surface area contributed by atoms with Crippen LogP contribution in [0.5, 0.6) is 0 Å². The van der Waals surface area contributed by atoms with Crippen molar-refractivity contribution < 1.29 is 0 Å². The summed E-state index contributed by atoms with van der Waals surface area (Å²) in [6.45, 7) is 0. The van der Waals surface area contributed by atoms with Crippen LogP contribution in [-0.2, 0) is 7.05 Å². The van der Waals surface area contributed by atoms with Crippen LogP contribution in [0.4, 0.5) is 0 Å². The SMILES string of the molecule is Cn1ncc(C(Cl)C#N)n1. The minimum Gasteiger partial charge on any atom is -0.196 e. The van der Waals surface area contributed by atoms with E-state index in [2.05, 4.69) is 10.2 Å². The number of halogens is 1. The molecule has 0 aliphatic rings. The number of hydrogen-bond donors (Lipinski definition) is 0. The summed E-state index contributed by atoms with van der Waals surface area (Å²) in [5, 5.41) is 15.2. The molecular formula is C5H5ClN4. The molecule has 1 aromatic rings. The fourth-order valence-electron chi connectivity index (χ4n) is 0.544. The number of aromatic nitrogens is 3. The third kappa shape index (κ3) is 1.25. The van der Waals surface area contributed by atoms with Gasteiger partial charge in [0.05, 0.1) is 12.3 Å². The zero-order chi connectivity index (χ0) is 7.56. The summed E-state index contributed by atoms with van der Waals surface area (Å²) in [7, 11) is 1.67. The molecule has 0 aliphatic carbocycles. The second-order valence-corrected chi connectivity index (χ2v) is 2.19. The Morgan fingerprint density at radius 2 is 2.60 bits per heavy atom. The maximum Gasteiger partial charge on any atom is 0.165 e. The number of rotatable bonds is 1. The zero-order valence-electron chi connectivity index (χ0n) is 5.32. The minimum absolute atomic E-state index is 0.492. The molecule has 0 N–H and O–H groups in total. The summed E-state index contributed by atoms with van der Waals surface area (Å²) in [6.07, 6.45) is 1.47. The fraction of sp³-hybridized carbons (Fsp3) is 0.400. The standard InChI is InChI=1S/C5H5ClN4/c1-10-8-3-5(9-10)4(6)2-7/h3-4H,1H3. The fourth-order valence-corrected chi connectivity index (χ4v) is 0.644. The first-order chi connectivity index (χ1) is 4.74. The molecule has 1 atom stereocenters. The Morgan fingerprint density at radius 3 is 3.00 bits per heavy atom. The number of nitriles is 1. The molecule has 0 saturated heterocycles. The van der Waals surface area contributed by atoms with E-state index in [9.17, 15) is 0 Å². The molecule has 1 rings (SSSR count). The Morgan fingerprint density at radius 1 is 1.90 bits per heavy atom. The molecule has 0 aliphatic heterocycles. The number of hydrogen-bond acceptors (Lipinski definition) is 3.